The van der Waals surface area contributed by atoms with Gasteiger partial charge >= 0.3 is 0 Å². The van der Waals surface area contributed by atoms with Gasteiger partial charge in [0.15, 0.2) is 0 Å². The zero-order chi connectivity index (χ0) is 7.28. The molecule has 0 aromatic heterocycles. The van der Waals surface area contributed by atoms with Crippen molar-refractivity contribution in [2.45, 2.75) is 27.7 Å². The molecule has 0 rings (SSSR count). The Morgan fingerprint density at radius 2 is 1.78 bits per heavy atom. The highest BCUT2D eigenvalue weighted by atomic mass is 14.0. The summed E-state index contributed by atoms with van der Waals surface area (Å²) in [5.41, 5.74) is 1.41. The number of hydrogen-bond donors (Lipinski definition) is 0. The van der Waals surface area contributed by atoms with E-state index < -0.39 is 0 Å². The van der Waals surface area contributed by atoms with Crippen LogP contribution in [0.1, 0.15) is 27.7 Å². The molecule has 0 heteroatoms. The van der Waals surface area contributed by atoms with Gasteiger partial charge in [0.1, 0.15) is 0 Å². The molecule has 0 aliphatic heterocycles. The van der Waals surface area contributed by atoms with Crippen molar-refractivity contribution >= 4 is 0 Å². The van der Waals surface area contributed by atoms with Crippen LogP contribution >= 0.6 is 0 Å². The number of hydrogen-bond acceptors (Lipinski definition) is 0. The van der Waals surface area contributed by atoms with E-state index in [-0.39, 0.29) is 0 Å². The SMILES string of the molecule is C/C=C\C(=C/C)C(C)C. The van der Waals surface area contributed by atoms with Crippen LogP contribution in [0.2, 0.25) is 0 Å². The molecule has 9 heavy (non-hydrogen) atoms. The molecule has 0 fully saturated rings. The zero-order valence-corrected chi connectivity index (χ0v) is 6.81. The van der Waals surface area contributed by atoms with E-state index >= 15 is 0 Å². The molecule has 0 bridgehead atoms. The predicted molar refractivity (Wildman–Crippen MR) is 43.4 cm³/mol. The van der Waals surface area contributed by atoms with Gasteiger partial charge in [-0.05, 0) is 19.8 Å². The summed E-state index contributed by atoms with van der Waals surface area (Å²) in [5, 5.41) is 0. The van der Waals surface area contributed by atoms with Gasteiger partial charge < -0.3 is 0 Å². The van der Waals surface area contributed by atoms with E-state index in [9.17, 15) is 0 Å². The van der Waals surface area contributed by atoms with Crippen LogP contribution in [0.5, 0.6) is 0 Å². The average Bonchev–Trinajstić information content (AvgIpc) is 1.82. The Balaban J connectivity index is 4.01. The maximum atomic E-state index is 2.20. The zero-order valence-electron chi connectivity index (χ0n) is 6.81. The fourth-order valence-corrected chi connectivity index (χ4v) is 0.814. The van der Waals surface area contributed by atoms with Crippen molar-refractivity contribution in [1.82, 2.24) is 0 Å². The Hall–Kier alpha value is -0.520. The van der Waals surface area contributed by atoms with Crippen LogP contribution in [0, 0.1) is 5.92 Å². The van der Waals surface area contributed by atoms with Crippen LogP contribution in [0.4, 0.5) is 0 Å². The molecule has 0 amide bonds. The molecule has 0 atom stereocenters. The average molecular weight is 124 g/mol. The lowest BCUT2D eigenvalue weighted by Crippen LogP contribution is -1.88. The normalized spacial score (nSPS) is 13.7. The van der Waals surface area contributed by atoms with Gasteiger partial charge in [0, 0.05) is 0 Å². The lowest BCUT2D eigenvalue weighted by molar-refractivity contribution is 0.789. The van der Waals surface area contributed by atoms with Gasteiger partial charge in [0.2, 0.25) is 0 Å². The van der Waals surface area contributed by atoms with Gasteiger partial charge in [-0.3, -0.25) is 0 Å². The first-order chi connectivity index (χ1) is 4.22. The van der Waals surface area contributed by atoms with E-state index in [4.69, 9.17) is 0 Å². The first-order valence-electron chi connectivity index (χ1n) is 3.51. The van der Waals surface area contributed by atoms with Crippen LogP contribution in [-0.2, 0) is 0 Å². The number of allylic oxidation sites excluding steroid dienone is 4. The quantitative estimate of drug-likeness (QED) is 0.496. The standard InChI is InChI=1S/C9H16/c1-5-7-9(6-2)8(3)4/h5-8H,1-4H3/b7-5-,9-6+. The molecule has 0 unspecified atom stereocenters. The van der Waals surface area contributed by atoms with Crippen LogP contribution in [0.3, 0.4) is 0 Å². The fourth-order valence-electron chi connectivity index (χ4n) is 0.814. The van der Waals surface area contributed by atoms with Crippen molar-refractivity contribution in [3.63, 3.8) is 0 Å². The highest BCUT2D eigenvalue weighted by Crippen LogP contribution is 2.09. The van der Waals surface area contributed by atoms with Crippen LogP contribution in [0.25, 0.3) is 0 Å². The van der Waals surface area contributed by atoms with E-state index in [0.717, 1.165) is 0 Å². The largest absolute Gasteiger partial charge is 0.0874 e. The van der Waals surface area contributed by atoms with Crippen molar-refractivity contribution in [2.75, 3.05) is 0 Å². The summed E-state index contributed by atoms with van der Waals surface area (Å²) < 4.78 is 0. The molecule has 0 spiro atoms. The molecule has 0 saturated heterocycles. The van der Waals surface area contributed by atoms with E-state index in [2.05, 4.69) is 39.0 Å². The topological polar surface area (TPSA) is 0 Å². The van der Waals surface area contributed by atoms with Gasteiger partial charge in [0.25, 0.3) is 0 Å². The lowest BCUT2D eigenvalue weighted by atomic mass is 10.0. The van der Waals surface area contributed by atoms with Crippen molar-refractivity contribution in [2.24, 2.45) is 5.92 Å². The van der Waals surface area contributed by atoms with Crippen molar-refractivity contribution in [1.29, 1.82) is 0 Å². The van der Waals surface area contributed by atoms with E-state index in [1.165, 1.54) is 5.57 Å². The van der Waals surface area contributed by atoms with Gasteiger partial charge in [-0.2, -0.15) is 0 Å². The second kappa shape index (κ2) is 4.37. The molecular formula is C9H16. The summed E-state index contributed by atoms with van der Waals surface area (Å²) in [6.45, 7) is 8.53. The summed E-state index contributed by atoms with van der Waals surface area (Å²) >= 11 is 0. The van der Waals surface area contributed by atoms with E-state index in [1.807, 2.05) is 6.92 Å². The molecule has 0 aromatic carbocycles. The minimum absolute atomic E-state index is 0.659. The molecule has 0 radical (unpaired) electrons. The second-order valence-corrected chi connectivity index (χ2v) is 2.44. The van der Waals surface area contributed by atoms with Crippen LogP contribution in [0.15, 0.2) is 23.8 Å². The lowest BCUT2D eigenvalue weighted by Gasteiger charge is -2.03. The smallest absolute Gasteiger partial charge is 0.0222 e. The van der Waals surface area contributed by atoms with E-state index in [1.54, 1.807) is 0 Å². The molecular weight excluding hydrogens is 108 g/mol. The summed E-state index contributed by atoms with van der Waals surface area (Å²) in [6.07, 6.45) is 6.39. The van der Waals surface area contributed by atoms with Gasteiger partial charge in [0.05, 0.1) is 0 Å². The van der Waals surface area contributed by atoms with Crippen LogP contribution in [-0.4, -0.2) is 0 Å². The summed E-state index contributed by atoms with van der Waals surface area (Å²) in [4.78, 5) is 0. The third-order valence-electron chi connectivity index (χ3n) is 1.36. The molecule has 0 aromatic rings. The van der Waals surface area contributed by atoms with Crippen LogP contribution < -0.4 is 0 Å². The Kier molecular flexibility index (Phi) is 4.12. The van der Waals surface area contributed by atoms with Gasteiger partial charge in [-0.15, -0.1) is 0 Å². The minimum Gasteiger partial charge on any atom is -0.0874 e. The third-order valence-corrected chi connectivity index (χ3v) is 1.36. The maximum absolute atomic E-state index is 2.20. The molecule has 0 nitrogen and oxygen atoms in total. The Bertz CT molecular complexity index is 116. The van der Waals surface area contributed by atoms with Crippen molar-refractivity contribution < 1.29 is 0 Å². The minimum atomic E-state index is 0.659. The summed E-state index contributed by atoms with van der Waals surface area (Å²) in [5.74, 6) is 0.659. The molecule has 0 saturated carbocycles. The molecule has 0 aliphatic carbocycles. The Labute approximate surface area is 58.3 Å². The fraction of sp³-hybridized carbons (Fsp3) is 0.556. The first kappa shape index (κ1) is 8.48. The van der Waals surface area contributed by atoms with Gasteiger partial charge in [-0.1, -0.05) is 37.6 Å². The number of rotatable bonds is 2. The highest BCUT2D eigenvalue weighted by Gasteiger charge is 1.94. The monoisotopic (exact) mass is 124 g/mol. The third kappa shape index (κ3) is 3.12. The second-order valence-electron chi connectivity index (χ2n) is 2.44. The molecule has 0 aliphatic rings. The van der Waals surface area contributed by atoms with Crippen molar-refractivity contribution in [3.8, 4) is 0 Å². The van der Waals surface area contributed by atoms with Gasteiger partial charge in [-0.25, -0.2) is 0 Å². The summed E-state index contributed by atoms with van der Waals surface area (Å²) in [7, 11) is 0. The molecule has 0 heterocycles. The molecule has 0 N–H and O–H groups in total. The van der Waals surface area contributed by atoms with Crippen molar-refractivity contribution in [3.05, 3.63) is 23.8 Å². The van der Waals surface area contributed by atoms with E-state index in [0.29, 0.717) is 5.92 Å². The predicted octanol–water partition coefficient (Wildman–Crippen LogP) is 3.16. The Morgan fingerprint density at radius 1 is 1.22 bits per heavy atom. The highest BCUT2D eigenvalue weighted by molar-refractivity contribution is 5.18. The summed E-state index contributed by atoms with van der Waals surface area (Å²) in [6, 6.07) is 0. The Morgan fingerprint density at radius 3 is 1.89 bits per heavy atom. The maximum Gasteiger partial charge on any atom is -0.0222 e. The first-order valence-corrected chi connectivity index (χ1v) is 3.51. The molecule has 52 valence electrons.